The minimum Gasteiger partial charge on any atom is -0.398 e. The summed E-state index contributed by atoms with van der Waals surface area (Å²) in [7, 11) is 0. The van der Waals surface area contributed by atoms with Crippen LogP contribution < -0.4 is 5.73 Å². The maximum Gasteiger partial charge on any atom is 0.418 e. The molecule has 2 aromatic rings. The Morgan fingerprint density at radius 2 is 2.00 bits per heavy atom. The number of hydrogen-bond donors (Lipinski definition) is 1. The van der Waals surface area contributed by atoms with E-state index in [-0.39, 0.29) is 5.69 Å². The summed E-state index contributed by atoms with van der Waals surface area (Å²) in [5.41, 5.74) is 4.44. The van der Waals surface area contributed by atoms with Crippen LogP contribution in [0, 0.1) is 0 Å². The van der Waals surface area contributed by atoms with Crippen molar-refractivity contribution in [1.82, 2.24) is 9.78 Å². The van der Waals surface area contributed by atoms with Gasteiger partial charge >= 0.3 is 6.18 Å². The molecule has 7 heteroatoms. The molecule has 0 fully saturated rings. The van der Waals surface area contributed by atoms with Crippen LogP contribution in [0.3, 0.4) is 0 Å². The number of nitrogen functional groups attached to an aromatic ring is 1. The number of nitrogens with two attached hydrogens (primary N) is 1. The maximum atomic E-state index is 12.6. The van der Waals surface area contributed by atoms with Crippen LogP contribution in [-0.4, -0.2) is 9.78 Å². The van der Waals surface area contributed by atoms with Crippen molar-refractivity contribution in [2.24, 2.45) is 0 Å². The van der Waals surface area contributed by atoms with E-state index in [0.29, 0.717) is 10.2 Å². The van der Waals surface area contributed by atoms with Crippen LogP contribution in [0.25, 0.3) is 5.69 Å². The van der Waals surface area contributed by atoms with Crippen LogP contribution in [0.15, 0.2) is 35.1 Å². The molecule has 0 bridgehead atoms. The van der Waals surface area contributed by atoms with Crippen molar-refractivity contribution in [2.45, 2.75) is 6.18 Å². The molecule has 90 valence electrons. The maximum absolute atomic E-state index is 12.6. The van der Waals surface area contributed by atoms with E-state index < -0.39 is 11.7 Å². The third kappa shape index (κ3) is 2.44. The van der Waals surface area contributed by atoms with Crippen LogP contribution in [0.1, 0.15) is 5.56 Å². The average molecular weight is 306 g/mol. The lowest BCUT2D eigenvalue weighted by Gasteiger charge is -2.11. The molecular weight excluding hydrogens is 299 g/mol. The number of nitrogens with zero attached hydrogens (tertiary/aromatic N) is 2. The summed E-state index contributed by atoms with van der Waals surface area (Å²) in [6.45, 7) is 0. The molecule has 0 unspecified atom stereocenters. The van der Waals surface area contributed by atoms with Gasteiger partial charge in [-0.2, -0.15) is 18.3 Å². The van der Waals surface area contributed by atoms with Gasteiger partial charge in [0.25, 0.3) is 0 Å². The molecule has 1 heterocycles. The van der Waals surface area contributed by atoms with Crippen molar-refractivity contribution in [3.63, 3.8) is 0 Å². The highest BCUT2D eigenvalue weighted by atomic mass is 79.9. The van der Waals surface area contributed by atoms with Crippen molar-refractivity contribution in [2.75, 3.05) is 5.73 Å². The van der Waals surface area contributed by atoms with Gasteiger partial charge in [0.1, 0.15) is 0 Å². The second-order valence-electron chi connectivity index (χ2n) is 3.37. The van der Waals surface area contributed by atoms with Crippen molar-refractivity contribution in [3.05, 3.63) is 40.6 Å². The second-order valence-corrected chi connectivity index (χ2v) is 4.29. The van der Waals surface area contributed by atoms with Gasteiger partial charge in [-0.1, -0.05) is 0 Å². The number of anilines is 1. The lowest BCUT2D eigenvalue weighted by atomic mass is 10.1. The SMILES string of the molecule is Nc1ccc(-n2cc(Br)cn2)cc1C(F)(F)F. The van der Waals surface area contributed by atoms with Crippen molar-refractivity contribution >= 4 is 21.6 Å². The predicted octanol–water partition coefficient (Wildman–Crippen LogP) is 3.24. The Labute approximate surface area is 103 Å². The Morgan fingerprint density at radius 3 is 2.53 bits per heavy atom. The molecule has 1 aromatic carbocycles. The summed E-state index contributed by atoms with van der Waals surface area (Å²) in [6.07, 6.45) is -1.42. The summed E-state index contributed by atoms with van der Waals surface area (Å²) >= 11 is 3.17. The molecule has 0 aliphatic carbocycles. The molecule has 17 heavy (non-hydrogen) atoms. The first-order valence-corrected chi connectivity index (χ1v) is 5.34. The lowest BCUT2D eigenvalue weighted by Crippen LogP contribution is -2.10. The minimum absolute atomic E-state index is 0.299. The molecule has 0 radical (unpaired) electrons. The van der Waals surface area contributed by atoms with Gasteiger partial charge in [0.2, 0.25) is 0 Å². The first-order chi connectivity index (χ1) is 7.88. The van der Waals surface area contributed by atoms with Crippen molar-refractivity contribution < 1.29 is 13.2 Å². The normalized spacial score (nSPS) is 11.8. The van der Waals surface area contributed by atoms with E-state index in [1.54, 1.807) is 6.20 Å². The lowest BCUT2D eigenvalue weighted by molar-refractivity contribution is -0.136. The highest BCUT2D eigenvalue weighted by Gasteiger charge is 2.33. The summed E-state index contributed by atoms with van der Waals surface area (Å²) < 4.78 is 39.9. The van der Waals surface area contributed by atoms with Crippen LogP contribution in [0.2, 0.25) is 0 Å². The topological polar surface area (TPSA) is 43.8 Å². The van der Waals surface area contributed by atoms with E-state index in [0.717, 1.165) is 6.07 Å². The van der Waals surface area contributed by atoms with Crippen LogP contribution in [-0.2, 0) is 6.18 Å². The predicted molar refractivity (Wildman–Crippen MR) is 60.7 cm³/mol. The third-order valence-electron chi connectivity index (χ3n) is 2.16. The Hall–Kier alpha value is -1.50. The average Bonchev–Trinajstić information content (AvgIpc) is 2.64. The molecule has 0 amide bonds. The molecule has 0 spiro atoms. The molecule has 0 aliphatic heterocycles. The largest absolute Gasteiger partial charge is 0.418 e. The van der Waals surface area contributed by atoms with Crippen molar-refractivity contribution in [1.29, 1.82) is 0 Å². The Bertz CT molecular complexity index is 548. The molecule has 0 atom stereocenters. The molecular formula is C10H7BrF3N3. The van der Waals surface area contributed by atoms with E-state index in [2.05, 4.69) is 21.0 Å². The number of halogens is 4. The van der Waals surface area contributed by atoms with E-state index in [9.17, 15) is 13.2 Å². The van der Waals surface area contributed by atoms with Gasteiger partial charge in [0.15, 0.2) is 0 Å². The fraction of sp³-hybridized carbons (Fsp3) is 0.100. The van der Waals surface area contributed by atoms with Gasteiger partial charge in [0.05, 0.1) is 21.9 Å². The van der Waals surface area contributed by atoms with Crippen molar-refractivity contribution in [3.8, 4) is 5.69 Å². The zero-order valence-corrected chi connectivity index (χ0v) is 9.96. The molecule has 2 N–H and O–H groups in total. The second kappa shape index (κ2) is 4.06. The highest BCUT2D eigenvalue weighted by Crippen LogP contribution is 2.34. The molecule has 3 nitrogen and oxygen atoms in total. The quantitative estimate of drug-likeness (QED) is 0.822. The monoisotopic (exact) mass is 305 g/mol. The van der Waals surface area contributed by atoms with Crippen LogP contribution in [0.4, 0.5) is 18.9 Å². The molecule has 0 saturated carbocycles. The van der Waals surface area contributed by atoms with E-state index in [1.807, 2.05) is 0 Å². The fourth-order valence-electron chi connectivity index (χ4n) is 1.37. The zero-order chi connectivity index (χ0) is 12.6. The van der Waals surface area contributed by atoms with E-state index >= 15 is 0 Å². The number of benzene rings is 1. The molecule has 1 aromatic heterocycles. The fourth-order valence-corrected chi connectivity index (χ4v) is 1.66. The van der Waals surface area contributed by atoms with Gasteiger partial charge in [-0.3, -0.25) is 0 Å². The number of alkyl halides is 3. The van der Waals surface area contributed by atoms with Gasteiger partial charge < -0.3 is 5.73 Å². The summed E-state index contributed by atoms with van der Waals surface area (Å²) in [4.78, 5) is 0. The van der Waals surface area contributed by atoms with Crippen LogP contribution in [0.5, 0.6) is 0 Å². The van der Waals surface area contributed by atoms with Gasteiger partial charge in [-0.05, 0) is 34.1 Å². The Morgan fingerprint density at radius 1 is 1.29 bits per heavy atom. The number of rotatable bonds is 1. The molecule has 0 aliphatic rings. The van der Waals surface area contributed by atoms with Gasteiger partial charge in [-0.15, -0.1) is 0 Å². The molecule has 2 rings (SSSR count). The molecule has 0 saturated heterocycles. The Kier molecular flexibility index (Phi) is 2.86. The van der Waals surface area contributed by atoms with Gasteiger partial charge in [0, 0.05) is 11.9 Å². The first kappa shape index (κ1) is 12.0. The van der Waals surface area contributed by atoms with Crippen LogP contribution >= 0.6 is 15.9 Å². The first-order valence-electron chi connectivity index (χ1n) is 4.55. The summed E-state index contributed by atoms with van der Waals surface area (Å²) in [5, 5.41) is 3.90. The minimum atomic E-state index is -4.47. The third-order valence-corrected chi connectivity index (χ3v) is 2.57. The summed E-state index contributed by atoms with van der Waals surface area (Å²) in [6, 6.07) is 3.66. The van der Waals surface area contributed by atoms with Gasteiger partial charge in [-0.25, -0.2) is 4.68 Å². The standard InChI is InChI=1S/C10H7BrF3N3/c11-6-4-16-17(5-6)7-1-2-9(15)8(3-7)10(12,13)14/h1-5H,15H2. The summed E-state index contributed by atoms with van der Waals surface area (Å²) in [5.74, 6) is 0. The number of hydrogen-bond acceptors (Lipinski definition) is 2. The van der Waals surface area contributed by atoms with E-state index in [4.69, 9.17) is 5.73 Å². The Balaban J connectivity index is 2.51. The smallest absolute Gasteiger partial charge is 0.398 e. The highest BCUT2D eigenvalue weighted by molar-refractivity contribution is 9.10. The number of aromatic nitrogens is 2. The van der Waals surface area contributed by atoms with E-state index in [1.165, 1.54) is 23.0 Å². The zero-order valence-electron chi connectivity index (χ0n) is 8.37.